The van der Waals surface area contributed by atoms with Crippen molar-refractivity contribution in [1.82, 2.24) is 0 Å². The molecule has 2 unspecified atom stereocenters. The van der Waals surface area contributed by atoms with Crippen LogP contribution in [0.3, 0.4) is 0 Å². The van der Waals surface area contributed by atoms with Crippen LogP contribution in [0.5, 0.6) is 0 Å². The Labute approximate surface area is 113 Å². The second-order valence-corrected chi connectivity index (χ2v) is 5.32. The van der Waals surface area contributed by atoms with Gasteiger partial charge in [0.05, 0.1) is 0 Å². The molecule has 2 atom stereocenters. The first-order chi connectivity index (χ1) is 9.04. The predicted molar refractivity (Wildman–Crippen MR) is 76.4 cm³/mol. The molecule has 0 saturated carbocycles. The zero-order valence-electron chi connectivity index (χ0n) is 11.0. The molecule has 0 aliphatic rings. The fourth-order valence-electron chi connectivity index (χ4n) is 2.31. The van der Waals surface area contributed by atoms with E-state index >= 15 is 0 Å². The smallest absolute Gasteiger partial charge is 0.317 e. The van der Waals surface area contributed by atoms with Crippen molar-refractivity contribution in [2.24, 2.45) is 0 Å². The summed E-state index contributed by atoms with van der Waals surface area (Å²) >= 11 is 0. The van der Waals surface area contributed by atoms with Crippen molar-refractivity contribution < 1.29 is 14.0 Å². The summed E-state index contributed by atoms with van der Waals surface area (Å²) in [6, 6.07) is 17.2. The Morgan fingerprint density at radius 3 is 2.21 bits per heavy atom. The number of hydrogen-bond acceptors (Lipinski definition) is 2. The molecule has 0 aliphatic carbocycles. The summed E-state index contributed by atoms with van der Waals surface area (Å²) in [5.74, 6) is 0. The van der Waals surface area contributed by atoms with Gasteiger partial charge in [0.1, 0.15) is 5.60 Å². The quantitative estimate of drug-likeness (QED) is 0.867. The van der Waals surface area contributed by atoms with Crippen LogP contribution < -0.4 is 0 Å². The van der Waals surface area contributed by atoms with Gasteiger partial charge in [-0.15, -0.1) is 0 Å². The molecule has 0 amide bonds. The van der Waals surface area contributed by atoms with E-state index in [1.54, 1.807) is 0 Å². The molecule has 0 bridgehead atoms. The van der Waals surface area contributed by atoms with Gasteiger partial charge in [0, 0.05) is 0 Å². The zero-order chi connectivity index (χ0) is 13.9. The van der Waals surface area contributed by atoms with E-state index < -0.39 is 13.9 Å². The van der Waals surface area contributed by atoms with Crippen LogP contribution in [0.2, 0.25) is 0 Å². The predicted octanol–water partition coefficient (Wildman–Crippen LogP) is 3.66. The third kappa shape index (κ3) is 2.95. The van der Waals surface area contributed by atoms with Crippen LogP contribution in [0.25, 0.3) is 0 Å². The topological polar surface area (TPSA) is 46.5 Å². The Morgan fingerprint density at radius 2 is 1.63 bits per heavy atom. The summed E-state index contributed by atoms with van der Waals surface area (Å²) in [6.07, 6.45) is 0. The molecule has 0 spiro atoms. The highest BCUT2D eigenvalue weighted by atomic mass is 31.1. The molecule has 0 aromatic heterocycles. The lowest BCUT2D eigenvalue weighted by molar-refractivity contribution is 0.124. The number of aryl methyl sites for hydroxylation is 1. The van der Waals surface area contributed by atoms with Crippen molar-refractivity contribution in [3.63, 3.8) is 0 Å². The molecular formula is C15H17O3P. The monoisotopic (exact) mass is 276 g/mol. The van der Waals surface area contributed by atoms with Crippen molar-refractivity contribution in [1.29, 1.82) is 0 Å². The van der Waals surface area contributed by atoms with Gasteiger partial charge in [0.15, 0.2) is 0 Å². The van der Waals surface area contributed by atoms with Gasteiger partial charge in [-0.05, 0) is 30.5 Å². The molecule has 0 fully saturated rings. The Morgan fingerprint density at radius 1 is 1.05 bits per heavy atom. The average Bonchev–Trinajstić information content (AvgIpc) is 2.39. The largest absolute Gasteiger partial charge is 0.326 e. The minimum Gasteiger partial charge on any atom is -0.326 e. The van der Waals surface area contributed by atoms with E-state index in [-0.39, 0.29) is 0 Å². The van der Waals surface area contributed by atoms with E-state index in [0.717, 1.165) is 16.7 Å². The fraction of sp³-hybridized carbons (Fsp3) is 0.200. The van der Waals surface area contributed by atoms with Crippen molar-refractivity contribution in [3.8, 4) is 0 Å². The lowest BCUT2D eigenvalue weighted by Crippen LogP contribution is -2.26. The summed E-state index contributed by atoms with van der Waals surface area (Å²) in [5.41, 5.74) is 1.86. The molecular weight excluding hydrogens is 259 g/mol. The summed E-state index contributed by atoms with van der Waals surface area (Å²) in [4.78, 5) is 9.23. The van der Waals surface area contributed by atoms with E-state index in [4.69, 9.17) is 4.52 Å². The zero-order valence-corrected chi connectivity index (χ0v) is 12.0. The Hall–Kier alpha value is -1.41. The second-order valence-electron chi connectivity index (χ2n) is 4.58. The maximum Gasteiger partial charge on any atom is 0.317 e. The lowest BCUT2D eigenvalue weighted by Gasteiger charge is -2.31. The van der Waals surface area contributed by atoms with Gasteiger partial charge in [0.2, 0.25) is 0 Å². The van der Waals surface area contributed by atoms with Crippen LogP contribution in [-0.2, 0) is 14.7 Å². The molecule has 2 rings (SSSR count). The van der Waals surface area contributed by atoms with E-state index in [2.05, 4.69) is 0 Å². The van der Waals surface area contributed by atoms with Crippen LogP contribution in [0.15, 0.2) is 54.6 Å². The van der Waals surface area contributed by atoms with Gasteiger partial charge in [-0.3, -0.25) is 9.09 Å². The standard InChI is InChI=1S/C15H17O3P/c1-12-8-6-7-11-14(12)15(2,18-19(16)17)13-9-4-3-5-10-13/h3-11,19H,1-2H3,(H,16,17). The van der Waals surface area contributed by atoms with Crippen LogP contribution in [0.4, 0.5) is 0 Å². The summed E-state index contributed by atoms with van der Waals surface area (Å²) < 4.78 is 16.6. The van der Waals surface area contributed by atoms with Gasteiger partial charge in [0.25, 0.3) is 0 Å². The first-order valence-corrected chi connectivity index (χ1v) is 7.34. The molecule has 0 saturated heterocycles. The molecule has 100 valence electrons. The molecule has 4 heteroatoms. The summed E-state index contributed by atoms with van der Waals surface area (Å²) in [5, 5.41) is 0. The van der Waals surface area contributed by atoms with Gasteiger partial charge in [-0.2, -0.15) is 0 Å². The highest BCUT2D eigenvalue weighted by Gasteiger charge is 2.32. The van der Waals surface area contributed by atoms with Crippen LogP contribution in [-0.4, -0.2) is 4.89 Å². The van der Waals surface area contributed by atoms with Crippen molar-refractivity contribution in [2.75, 3.05) is 0 Å². The highest BCUT2D eigenvalue weighted by Crippen LogP contribution is 2.41. The second kappa shape index (κ2) is 5.70. The van der Waals surface area contributed by atoms with Gasteiger partial charge >= 0.3 is 8.25 Å². The average molecular weight is 276 g/mol. The Kier molecular flexibility index (Phi) is 4.20. The number of hydrogen-bond donors (Lipinski definition) is 1. The molecule has 2 aromatic carbocycles. The van der Waals surface area contributed by atoms with E-state index in [9.17, 15) is 9.46 Å². The summed E-state index contributed by atoms with van der Waals surface area (Å²) in [7, 11) is -3.05. The third-order valence-electron chi connectivity index (χ3n) is 3.28. The van der Waals surface area contributed by atoms with Crippen molar-refractivity contribution in [2.45, 2.75) is 19.4 Å². The summed E-state index contributed by atoms with van der Waals surface area (Å²) in [6.45, 7) is 3.79. The van der Waals surface area contributed by atoms with Crippen LogP contribution in [0, 0.1) is 6.92 Å². The van der Waals surface area contributed by atoms with Gasteiger partial charge in [-0.1, -0.05) is 54.6 Å². The minimum absolute atomic E-state index is 0.858. The maximum atomic E-state index is 11.2. The molecule has 0 aliphatic heterocycles. The normalized spacial score (nSPS) is 15.7. The number of rotatable bonds is 4. The van der Waals surface area contributed by atoms with E-state index in [0.29, 0.717) is 0 Å². The Bertz CT molecular complexity index is 583. The van der Waals surface area contributed by atoms with Crippen LogP contribution in [0.1, 0.15) is 23.6 Å². The molecule has 19 heavy (non-hydrogen) atoms. The molecule has 3 nitrogen and oxygen atoms in total. The SMILES string of the molecule is Cc1ccccc1C(C)(O[PH](=O)O)c1ccccc1. The van der Waals surface area contributed by atoms with E-state index in [1.807, 2.05) is 68.4 Å². The first kappa shape index (κ1) is 14.0. The van der Waals surface area contributed by atoms with Crippen LogP contribution >= 0.6 is 8.25 Å². The third-order valence-corrected chi connectivity index (χ3v) is 3.86. The molecule has 0 radical (unpaired) electrons. The van der Waals surface area contributed by atoms with Crippen molar-refractivity contribution >= 4 is 8.25 Å². The van der Waals surface area contributed by atoms with E-state index in [1.165, 1.54) is 0 Å². The maximum absolute atomic E-state index is 11.2. The van der Waals surface area contributed by atoms with Gasteiger partial charge < -0.3 is 4.89 Å². The minimum atomic E-state index is -3.05. The molecule has 0 heterocycles. The highest BCUT2D eigenvalue weighted by molar-refractivity contribution is 7.32. The molecule has 1 N–H and O–H groups in total. The first-order valence-electron chi connectivity index (χ1n) is 6.07. The molecule has 2 aromatic rings. The Balaban J connectivity index is 2.59. The fourth-order valence-corrected chi connectivity index (χ4v) is 2.89. The number of benzene rings is 2. The van der Waals surface area contributed by atoms with Crippen molar-refractivity contribution in [3.05, 3.63) is 71.3 Å². The lowest BCUT2D eigenvalue weighted by atomic mass is 9.86. The van der Waals surface area contributed by atoms with Gasteiger partial charge in [-0.25, -0.2) is 0 Å².